The molecule has 0 bridgehead atoms. The van der Waals surface area contributed by atoms with Crippen molar-refractivity contribution in [2.75, 3.05) is 38.6 Å². The summed E-state index contributed by atoms with van der Waals surface area (Å²) in [5, 5.41) is 2.50. The number of anilines is 1. The van der Waals surface area contributed by atoms with E-state index in [0.717, 1.165) is 29.7 Å². The largest absolute Gasteiger partial charge is 0.347 e. The molecule has 1 N–H and O–H groups in total. The van der Waals surface area contributed by atoms with E-state index < -0.39 is 0 Å². The highest BCUT2D eigenvalue weighted by Gasteiger charge is 2.34. The predicted octanol–water partition coefficient (Wildman–Crippen LogP) is 2.21. The number of likely N-dealkylation sites (tertiary alicyclic amines) is 1. The minimum absolute atomic E-state index is 0.0172. The van der Waals surface area contributed by atoms with Crippen LogP contribution < -0.4 is 10.2 Å². The fraction of sp³-hybridized carbons (Fsp3) is 0.435. The Morgan fingerprint density at radius 3 is 2.69 bits per heavy atom. The number of imide groups is 1. The van der Waals surface area contributed by atoms with Crippen LogP contribution in [0.15, 0.2) is 36.5 Å². The lowest BCUT2D eigenvalue weighted by Gasteiger charge is -2.27. The van der Waals surface area contributed by atoms with E-state index in [0.29, 0.717) is 18.9 Å². The first-order valence-electron chi connectivity index (χ1n) is 10.9. The van der Waals surface area contributed by atoms with Crippen LogP contribution in [0.5, 0.6) is 0 Å². The Hall–Kier alpha value is -3.49. The van der Waals surface area contributed by atoms with Crippen molar-refractivity contribution in [1.82, 2.24) is 25.1 Å². The molecule has 2 aromatic rings. The van der Waals surface area contributed by atoms with Crippen molar-refractivity contribution < 1.29 is 14.4 Å². The molecule has 3 heterocycles. The second-order valence-electron chi connectivity index (χ2n) is 8.28. The van der Waals surface area contributed by atoms with Gasteiger partial charge < -0.3 is 15.1 Å². The van der Waals surface area contributed by atoms with Crippen LogP contribution in [0.25, 0.3) is 11.1 Å². The molecule has 0 spiro atoms. The molecule has 168 valence electrons. The second kappa shape index (κ2) is 9.33. The van der Waals surface area contributed by atoms with Crippen LogP contribution in [0.3, 0.4) is 0 Å². The lowest BCUT2D eigenvalue weighted by atomic mass is 9.99. The van der Waals surface area contributed by atoms with E-state index in [1.165, 1.54) is 4.90 Å². The SMILES string of the molecule is CN(C)c1ncc(-c2ccccc2)c(C2CCCN2C(=O)CCCN2C(=O)CNC2=O)n1. The van der Waals surface area contributed by atoms with Gasteiger partial charge in [0.05, 0.1) is 18.3 Å². The number of amides is 4. The van der Waals surface area contributed by atoms with Gasteiger partial charge in [0.25, 0.3) is 0 Å². The zero-order valence-electron chi connectivity index (χ0n) is 18.5. The molecule has 4 rings (SSSR count). The van der Waals surface area contributed by atoms with Crippen LogP contribution >= 0.6 is 0 Å². The van der Waals surface area contributed by atoms with Crippen molar-refractivity contribution in [3.63, 3.8) is 0 Å². The number of carbonyl (C=O) groups excluding carboxylic acids is 3. The van der Waals surface area contributed by atoms with Crippen LogP contribution in [0.2, 0.25) is 0 Å². The summed E-state index contributed by atoms with van der Waals surface area (Å²) in [4.78, 5) is 50.8. The van der Waals surface area contributed by atoms with Crippen molar-refractivity contribution >= 4 is 23.8 Å². The zero-order valence-corrected chi connectivity index (χ0v) is 18.5. The van der Waals surface area contributed by atoms with Gasteiger partial charge in [0.15, 0.2) is 0 Å². The molecular weight excluding hydrogens is 408 g/mol. The maximum Gasteiger partial charge on any atom is 0.324 e. The molecule has 0 radical (unpaired) electrons. The smallest absolute Gasteiger partial charge is 0.324 e. The lowest BCUT2D eigenvalue weighted by molar-refractivity contribution is -0.133. The number of hydrogen-bond donors (Lipinski definition) is 1. The highest BCUT2D eigenvalue weighted by molar-refractivity contribution is 6.01. The fourth-order valence-corrected chi connectivity index (χ4v) is 4.26. The van der Waals surface area contributed by atoms with E-state index in [9.17, 15) is 14.4 Å². The summed E-state index contributed by atoms with van der Waals surface area (Å²) in [7, 11) is 3.79. The van der Waals surface area contributed by atoms with Crippen molar-refractivity contribution in [2.24, 2.45) is 0 Å². The Labute approximate surface area is 187 Å². The molecule has 2 aliphatic heterocycles. The van der Waals surface area contributed by atoms with Crippen LogP contribution in [0.4, 0.5) is 10.7 Å². The maximum absolute atomic E-state index is 13.1. The Kier molecular flexibility index (Phi) is 6.34. The molecule has 2 saturated heterocycles. The lowest BCUT2D eigenvalue weighted by Crippen LogP contribution is -2.34. The number of urea groups is 1. The molecule has 9 heteroatoms. The van der Waals surface area contributed by atoms with Gasteiger partial charge in [-0.2, -0.15) is 0 Å². The van der Waals surface area contributed by atoms with Gasteiger partial charge in [0.2, 0.25) is 17.8 Å². The van der Waals surface area contributed by atoms with Crippen LogP contribution in [0.1, 0.15) is 37.4 Å². The Morgan fingerprint density at radius 2 is 2.00 bits per heavy atom. The van der Waals surface area contributed by atoms with Crippen molar-refractivity contribution in [3.05, 3.63) is 42.2 Å². The van der Waals surface area contributed by atoms with Gasteiger partial charge in [-0.3, -0.25) is 14.5 Å². The number of benzene rings is 1. The van der Waals surface area contributed by atoms with Gasteiger partial charge in [0, 0.05) is 45.4 Å². The maximum atomic E-state index is 13.1. The fourth-order valence-electron chi connectivity index (χ4n) is 4.26. The zero-order chi connectivity index (χ0) is 22.7. The molecule has 0 saturated carbocycles. The van der Waals surface area contributed by atoms with E-state index in [4.69, 9.17) is 4.98 Å². The molecule has 9 nitrogen and oxygen atoms in total. The molecule has 2 fully saturated rings. The Bertz CT molecular complexity index is 994. The van der Waals surface area contributed by atoms with Crippen molar-refractivity contribution in [1.29, 1.82) is 0 Å². The molecule has 1 aromatic carbocycles. The number of carbonyl (C=O) groups is 3. The Balaban J connectivity index is 1.53. The number of aromatic nitrogens is 2. The van der Waals surface area contributed by atoms with Gasteiger partial charge in [-0.05, 0) is 24.8 Å². The third-order valence-electron chi connectivity index (χ3n) is 5.89. The van der Waals surface area contributed by atoms with E-state index in [1.54, 1.807) is 0 Å². The highest BCUT2D eigenvalue weighted by atomic mass is 16.2. The summed E-state index contributed by atoms with van der Waals surface area (Å²) >= 11 is 0. The van der Waals surface area contributed by atoms with E-state index in [1.807, 2.05) is 60.4 Å². The minimum Gasteiger partial charge on any atom is -0.347 e. The van der Waals surface area contributed by atoms with Gasteiger partial charge in [-0.15, -0.1) is 0 Å². The normalized spacial score (nSPS) is 18.2. The van der Waals surface area contributed by atoms with Crippen LogP contribution in [0, 0.1) is 0 Å². The van der Waals surface area contributed by atoms with E-state index >= 15 is 0 Å². The number of nitrogens with one attached hydrogen (secondary N) is 1. The monoisotopic (exact) mass is 436 g/mol. The van der Waals surface area contributed by atoms with Gasteiger partial charge in [-0.25, -0.2) is 14.8 Å². The molecule has 2 aliphatic rings. The first-order chi connectivity index (χ1) is 15.5. The third-order valence-corrected chi connectivity index (χ3v) is 5.89. The van der Waals surface area contributed by atoms with Crippen LogP contribution in [-0.2, 0) is 9.59 Å². The average Bonchev–Trinajstić information content (AvgIpc) is 3.41. The average molecular weight is 437 g/mol. The predicted molar refractivity (Wildman–Crippen MR) is 120 cm³/mol. The summed E-state index contributed by atoms with van der Waals surface area (Å²) < 4.78 is 0. The first-order valence-corrected chi connectivity index (χ1v) is 10.9. The van der Waals surface area contributed by atoms with E-state index in [2.05, 4.69) is 10.3 Å². The Morgan fingerprint density at radius 1 is 1.22 bits per heavy atom. The second-order valence-corrected chi connectivity index (χ2v) is 8.28. The van der Waals surface area contributed by atoms with Crippen molar-refractivity contribution in [2.45, 2.75) is 31.7 Å². The molecular formula is C23H28N6O3. The summed E-state index contributed by atoms with van der Waals surface area (Å²) in [6, 6.07) is 9.46. The van der Waals surface area contributed by atoms with Gasteiger partial charge in [-0.1, -0.05) is 30.3 Å². The molecule has 0 aliphatic carbocycles. The minimum atomic E-state index is -0.383. The number of nitrogens with zero attached hydrogens (tertiary/aromatic N) is 5. The summed E-state index contributed by atoms with van der Waals surface area (Å²) in [6.45, 7) is 0.954. The molecule has 1 aromatic heterocycles. The number of rotatable bonds is 7. The third kappa shape index (κ3) is 4.42. The first kappa shape index (κ1) is 21.7. The summed E-state index contributed by atoms with van der Waals surface area (Å²) in [5.41, 5.74) is 2.81. The molecule has 1 atom stereocenters. The summed E-state index contributed by atoms with van der Waals surface area (Å²) in [5.74, 6) is 0.382. The van der Waals surface area contributed by atoms with Gasteiger partial charge in [0.1, 0.15) is 0 Å². The molecule has 32 heavy (non-hydrogen) atoms. The topological polar surface area (TPSA) is 98.7 Å². The van der Waals surface area contributed by atoms with Crippen molar-refractivity contribution in [3.8, 4) is 11.1 Å². The van der Waals surface area contributed by atoms with Crippen LogP contribution in [-0.4, -0.2) is 71.3 Å². The highest BCUT2D eigenvalue weighted by Crippen LogP contribution is 2.37. The summed E-state index contributed by atoms with van der Waals surface area (Å²) in [6.07, 6.45) is 4.30. The number of hydrogen-bond acceptors (Lipinski definition) is 6. The quantitative estimate of drug-likeness (QED) is 0.668. The molecule has 4 amide bonds. The van der Waals surface area contributed by atoms with Gasteiger partial charge >= 0.3 is 6.03 Å². The molecule has 1 unspecified atom stereocenters. The standard InChI is InChI=1S/C23H28N6O3/c1-27(2)22-24-14-17(16-8-4-3-5-9-16)21(26-22)18-10-6-12-28(18)19(30)11-7-13-29-20(31)15-25-23(29)32/h3-5,8-9,14,18H,6-7,10-13,15H2,1-2H3,(H,25,32). The van der Waals surface area contributed by atoms with E-state index in [-0.39, 0.29) is 43.4 Å².